The molecule has 1 saturated heterocycles. The largest absolute Gasteiger partial charge is 0.322 e. The van der Waals surface area contributed by atoms with E-state index in [-0.39, 0.29) is 36.6 Å². The first-order valence-corrected chi connectivity index (χ1v) is 7.63. The molecule has 1 amide bonds. The van der Waals surface area contributed by atoms with Crippen LogP contribution in [-0.2, 0) is 4.79 Å². The molecule has 2 N–H and O–H groups in total. The second-order valence-electron chi connectivity index (χ2n) is 5.50. The molecule has 3 rings (SSSR count). The molecule has 128 valence electrons. The fourth-order valence-corrected chi connectivity index (χ4v) is 2.77. The summed E-state index contributed by atoms with van der Waals surface area (Å²) in [6.07, 6.45) is 3.55. The van der Waals surface area contributed by atoms with E-state index in [1.54, 1.807) is 24.4 Å². The first-order chi connectivity index (χ1) is 11.2. The van der Waals surface area contributed by atoms with Gasteiger partial charge in [-0.1, -0.05) is 18.2 Å². The Balaban J connectivity index is 0.00000208. The number of nitrogens with one attached hydrogen (secondary N) is 2. The summed E-state index contributed by atoms with van der Waals surface area (Å²) in [5.74, 6) is -0.643. The molecule has 0 spiro atoms. The average molecular weight is 351 g/mol. The van der Waals surface area contributed by atoms with Gasteiger partial charge in [0, 0.05) is 38.1 Å². The number of nitrogens with zero attached hydrogens (tertiary/aromatic N) is 2. The van der Waals surface area contributed by atoms with Crippen molar-refractivity contribution in [2.45, 2.75) is 6.04 Å². The van der Waals surface area contributed by atoms with Gasteiger partial charge in [0.1, 0.15) is 5.82 Å². The summed E-state index contributed by atoms with van der Waals surface area (Å²) in [6.45, 7) is 2.56. The molecule has 1 fully saturated rings. The Morgan fingerprint density at radius 1 is 1.33 bits per heavy atom. The van der Waals surface area contributed by atoms with Gasteiger partial charge >= 0.3 is 0 Å². The van der Waals surface area contributed by atoms with E-state index in [1.807, 2.05) is 18.3 Å². The van der Waals surface area contributed by atoms with Crippen LogP contribution in [0.5, 0.6) is 0 Å². The van der Waals surface area contributed by atoms with E-state index in [1.165, 1.54) is 6.07 Å². The lowest BCUT2D eigenvalue weighted by Gasteiger charge is -2.35. The van der Waals surface area contributed by atoms with Gasteiger partial charge in [0.05, 0.1) is 12.2 Å². The Morgan fingerprint density at radius 2 is 2.17 bits per heavy atom. The second-order valence-corrected chi connectivity index (χ2v) is 5.50. The van der Waals surface area contributed by atoms with E-state index in [4.69, 9.17) is 0 Å². The third-order valence-electron chi connectivity index (χ3n) is 3.92. The van der Waals surface area contributed by atoms with E-state index in [2.05, 4.69) is 20.5 Å². The van der Waals surface area contributed by atoms with Gasteiger partial charge in [-0.05, 0) is 23.8 Å². The number of halogens is 2. The molecule has 0 radical (unpaired) electrons. The van der Waals surface area contributed by atoms with Crippen LogP contribution in [0, 0.1) is 5.82 Å². The van der Waals surface area contributed by atoms with Crippen molar-refractivity contribution in [3.05, 3.63) is 60.2 Å². The molecule has 1 aromatic carbocycles. The molecular formula is C17H20ClFN4O. The molecule has 0 saturated carbocycles. The smallest absolute Gasteiger partial charge is 0.238 e. The van der Waals surface area contributed by atoms with Gasteiger partial charge < -0.3 is 10.6 Å². The van der Waals surface area contributed by atoms with Crippen molar-refractivity contribution in [1.29, 1.82) is 0 Å². The highest BCUT2D eigenvalue weighted by molar-refractivity contribution is 5.92. The number of hydrogen-bond donors (Lipinski definition) is 2. The molecule has 2 aromatic rings. The minimum absolute atomic E-state index is 0. The Morgan fingerprint density at radius 3 is 2.92 bits per heavy atom. The Labute approximate surface area is 146 Å². The van der Waals surface area contributed by atoms with E-state index in [0.29, 0.717) is 0 Å². The molecule has 1 aromatic heterocycles. The predicted octanol–water partition coefficient (Wildman–Crippen LogP) is 2.23. The number of para-hydroxylation sites is 1. The summed E-state index contributed by atoms with van der Waals surface area (Å²) >= 11 is 0. The first-order valence-electron chi connectivity index (χ1n) is 7.63. The maximum atomic E-state index is 13.6. The third-order valence-corrected chi connectivity index (χ3v) is 3.92. The van der Waals surface area contributed by atoms with Crippen molar-refractivity contribution in [2.75, 3.05) is 31.5 Å². The third kappa shape index (κ3) is 4.50. The molecule has 1 atom stereocenters. The lowest BCUT2D eigenvalue weighted by atomic mass is 10.1. The maximum Gasteiger partial charge on any atom is 0.238 e. The average Bonchev–Trinajstić information content (AvgIpc) is 2.58. The summed E-state index contributed by atoms with van der Waals surface area (Å²) in [7, 11) is 0. The highest BCUT2D eigenvalue weighted by atomic mass is 35.5. The Hall–Kier alpha value is -2.02. The number of anilines is 1. The van der Waals surface area contributed by atoms with Gasteiger partial charge in [0.25, 0.3) is 0 Å². The highest BCUT2D eigenvalue weighted by Crippen LogP contribution is 2.21. The zero-order valence-electron chi connectivity index (χ0n) is 13.1. The molecule has 0 aliphatic carbocycles. The van der Waals surface area contributed by atoms with Gasteiger partial charge in [-0.15, -0.1) is 12.4 Å². The monoisotopic (exact) mass is 350 g/mol. The summed E-state index contributed by atoms with van der Waals surface area (Å²) in [5, 5.41) is 5.97. The van der Waals surface area contributed by atoms with Crippen molar-refractivity contribution < 1.29 is 9.18 Å². The van der Waals surface area contributed by atoms with Gasteiger partial charge in [-0.2, -0.15) is 0 Å². The minimum Gasteiger partial charge on any atom is -0.322 e. The fourth-order valence-electron chi connectivity index (χ4n) is 2.77. The van der Waals surface area contributed by atoms with Crippen LogP contribution in [0.4, 0.5) is 10.1 Å². The van der Waals surface area contributed by atoms with Gasteiger partial charge in [-0.25, -0.2) is 4.39 Å². The zero-order valence-corrected chi connectivity index (χ0v) is 13.9. The normalized spacial score (nSPS) is 17.8. The lowest BCUT2D eigenvalue weighted by molar-refractivity contribution is -0.118. The van der Waals surface area contributed by atoms with Crippen LogP contribution < -0.4 is 10.6 Å². The second kappa shape index (κ2) is 8.73. The van der Waals surface area contributed by atoms with Crippen molar-refractivity contribution in [2.24, 2.45) is 0 Å². The van der Waals surface area contributed by atoms with Crippen LogP contribution in [0.15, 0.2) is 48.8 Å². The van der Waals surface area contributed by atoms with Crippen molar-refractivity contribution >= 4 is 24.0 Å². The molecule has 1 aliphatic rings. The number of amides is 1. The standard InChI is InChI=1S/C17H19FN4O.ClH/c18-14-5-1-2-6-15(14)21-17(23)12-22-9-8-20-11-16(22)13-4-3-7-19-10-13;/h1-7,10,16,20H,8-9,11-12H2,(H,21,23);1H. The number of hydrogen-bond acceptors (Lipinski definition) is 4. The number of pyridine rings is 1. The van der Waals surface area contributed by atoms with Crippen LogP contribution in [0.25, 0.3) is 0 Å². The molecule has 1 aliphatic heterocycles. The molecule has 24 heavy (non-hydrogen) atoms. The van der Waals surface area contributed by atoms with Crippen molar-refractivity contribution in [1.82, 2.24) is 15.2 Å². The van der Waals surface area contributed by atoms with E-state index in [0.717, 1.165) is 25.2 Å². The van der Waals surface area contributed by atoms with Crippen molar-refractivity contribution in [3.63, 3.8) is 0 Å². The lowest BCUT2D eigenvalue weighted by Crippen LogP contribution is -2.48. The number of piperazine rings is 1. The molecular weight excluding hydrogens is 331 g/mol. The van der Waals surface area contributed by atoms with E-state index in [9.17, 15) is 9.18 Å². The molecule has 1 unspecified atom stereocenters. The molecule has 2 heterocycles. The first kappa shape index (κ1) is 18.3. The SMILES string of the molecule is Cl.O=C(CN1CCNCC1c1cccnc1)Nc1ccccc1F. The number of rotatable bonds is 4. The Bertz CT molecular complexity index is 671. The topological polar surface area (TPSA) is 57.3 Å². The van der Waals surface area contributed by atoms with Crippen molar-refractivity contribution in [3.8, 4) is 0 Å². The quantitative estimate of drug-likeness (QED) is 0.887. The summed E-state index contributed by atoms with van der Waals surface area (Å²) in [4.78, 5) is 18.5. The highest BCUT2D eigenvalue weighted by Gasteiger charge is 2.25. The summed E-state index contributed by atoms with van der Waals surface area (Å²) < 4.78 is 13.6. The number of benzene rings is 1. The van der Waals surface area contributed by atoms with Crippen LogP contribution in [0.3, 0.4) is 0 Å². The Kier molecular flexibility index (Phi) is 6.66. The van der Waals surface area contributed by atoms with Gasteiger partial charge in [-0.3, -0.25) is 14.7 Å². The van der Waals surface area contributed by atoms with Gasteiger partial charge in [0.15, 0.2) is 0 Å². The molecule has 5 nitrogen and oxygen atoms in total. The van der Waals surface area contributed by atoms with Crippen LogP contribution in [-0.4, -0.2) is 42.0 Å². The number of aromatic nitrogens is 1. The minimum atomic E-state index is -0.426. The summed E-state index contributed by atoms with van der Waals surface area (Å²) in [6, 6.07) is 10.2. The van der Waals surface area contributed by atoms with Crippen LogP contribution in [0.2, 0.25) is 0 Å². The summed E-state index contributed by atoms with van der Waals surface area (Å²) in [5.41, 5.74) is 1.28. The molecule has 0 bridgehead atoms. The van der Waals surface area contributed by atoms with Crippen LogP contribution >= 0.6 is 12.4 Å². The van der Waals surface area contributed by atoms with E-state index >= 15 is 0 Å². The van der Waals surface area contributed by atoms with Gasteiger partial charge in [0.2, 0.25) is 5.91 Å². The number of carbonyl (C=O) groups excluding carboxylic acids is 1. The fraction of sp³-hybridized carbons (Fsp3) is 0.294. The zero-order chi connectivity index (χ0) is 16.1. The number of carbonyl (C=O) groups is 1. The van der Waals surface area contributed by atoms with E-state index < -0.39 is 5.82 Å². The molecule has 7 heteroatoms. The van der Waals surface area contributed by atoms with Crippen LogP contribution in [0.1, 0.15) is 11.6 Å². The maximum absolute atomic E-state index is 13.6. The predicted molar refractivity (Wildman–Crippen MR) is 93.7 cm³/mol.